The van der Waals surface area contributed by atoms with E-state index >= 15 is 0 Å². The van der Waals surface area contributed by atoms with Crippen LogP contribution in [0.3, 0.4) is 0 Å². The Labute approximate surface area is 142 Å². The van der Waals surface area contributed by atoms with E-state index in [9.17, 15) is 4.39 Å². The Kier molecular flexibility index (Phi) is 7.68. The summed E-state index contributed by atoms with van der Waals surface area (Å²) in [6, 6.07) is 6.95. The Morgan fingerprint density at radius 1 is 1.48 bits per heavy atom. The Balaban J connectivity index is 1.64. The predicted molar refractivity (Wildman–Crippen MR) is 95.5 cm³/mol. The third-order valence-corrected chi connectivity index (χ3v) is 4.88. The van der Waals surface area contributed by atoms with Gasteiger partial charge in [0.05, 0.1) is 6.61 Å². The van der Waals surface area contributed by atoms with Crippen LogP contribution in [0.25, 0.3) is 0 Å². The SMILES string of the molecule is CN=C(NCCSCc1ccccc1F)N(C)CC1CCOC1. The van der Waals surface area contributed by atoms with Crippen molar-refractivity contribution in [3.63, 3.8) is 0 Å². The van der Waals surface area contributed by atoms with E-state index in [1.165, 1.54) is 6.07 Å². The van der Waals surface area contributed by atoms with Gasteiger partial charge in [-0.3, -0.25) is 4.99 Å². The summed E-state index contributed by atoms with van der Waals surface area (Å²) in [4.78, 5) is 6.47. The molecule has 1 saturated heterocycles. The average Bonchev–Trinajstić information content (AvgIpc) is 3.05. The third kappa shape index (κ3) is 6.03. The number of benzene rings is 1. The fraction of sp³-hybridized carbons (Fsp3) is 0.588. The van der Waals surface area contributed by atoms with E-state index in [0.717, 1.165) is 50.0 Å². The summed E-state index contributed by atoms with van der Waals surface area (Å²) < 4.78 is 18.9. The van der Waals surface area contributed by atoms with Crippen molar-refractivity contribution >= 4 is 17.7 Å². The van der Waals surface area contributed by atoms with Gasteiger partial charge in [-0.15, -0.1) is 0 Å². The first-order valence-electron chi connectivity index (χ1n) is 8.01. The van der Waals surface area contributed by atoms with Gasteiger partial charge >= 0.3 is 0 Å². The van der Waals surface area contributed by atoms with Crippen molar-refractivity contribution in [3.8, 4) is 0 Å². The second-order valence-corrected chi connectivity index (χ2v) is 6.83. The van der Waals surface area contributed by atoms with E-state index in [-0.39, 0.29) is 5.82 Å². The largest absolute Gasteiger partial charge is 0.381 e. The van der Waals surface area contributed by atoms with Crippen LogP contribution in [0.4, 0.5) is 4.39 Å². The molecule has 0 saturated carbocycles. The average molecular weight is 339 g/mol. The van der Waals surface area contributed by atoms with Crippen LogP contribution < -0.4 is 5.32 Å². The smallest absolute Gasteiger partial charge is 0.193 e. The van der Waals surface area contributed by atoms with Gasteiger partial charge in [-0.05, 0) is 18.1 Å². The minimum atomic E-state index is -0.123. The zero-order valence-electron chi connectivity index (χ0n) is 13.9. The topological polar surface area (TPSA) is 36.9 Å². The number of hydrogen-bond donors (Lipinski definition) is 1. The second-order valence-electron chi connectivity index (χ2n) is 5.73. The Morgan fingerprint density at radius 2 is 2.30 bits per heavy atom. The predicted octanol–water partition coefficient (Wildman–Crippen LogP) is 2.60. The molecular formula is C17H26FN3OS. The fourth-order valence-corrected chi connectivity index (χ4v) is 3.46. The Morgan fingerprint density at radius 3 is 3.00 bits per heavy atom. The maximum atomic E-state index is 13.5. The number of thioether (sulfide) groups is 1. The lowest BCUT2D eigenvalue weighted by molar-refractivity contribution is 0.181. The normalized spacial score (nSPS) is 18.2. The summed E-state index contributed by atoms with van der Waals surface area (Å²) in [5.74, 6) is 2.98. The van der Waals surface area contributed by atoms with Crippen LogP contribution in [-0.4, -0.2) is 57.0 Å². The van der Waals surface area contributed by atoms with Crippen molar-refractivity contribution in [2.45, 2.75) is 12.2 Å². The summed E-state index contributed by atoms with van der Waals surface area (Å²) in [5.41, 5.74) is 0.764. The van der Waals surface area contributed by atoms with E-state index in [4.69, 9.17) is 4.74 Å². The maximum Gasteiger partial charge on any atom is 0.193 e. The monoisotopic (exact) mass is 339 g/mol. The van der Waals surface area contributed by atoms with Gasteiger partial charge in [0.2, 0.25) is 0 Å². The van der Waals surface area contributed by atoms with Crippen LogP contribution >= 0.6 is 11.8 Å². The number of nitrogens with one attached hydrogen (secondary N) is 1. The molecule has 1 fully saturated rings. The summed E-state index contributed by atoms with van der Waals surface area (Å²) in [6.45, 7) is 3.50. The molecule has 4 nitrogen and oxygen atoms in total. The number of hydrogen-bond acceptors (Lipinski definition) is 3. The van der Waals surface area contributed by atoms with Crippen molar-refractivity contribution in [2.24, 2.45) is 10.9 Å². The highest BCUT2D eigenvalue weighted by Crippen LogP contribution is 2.15. The van der Waals surface area contributed by atoms with Crippen LogP contribution in [0.5, 0.6) is 0 Å². The lowest BCUT2D eigenvalue weighted by atomic mass is 10.1. The highest BCUT2D eigenvalue weighted by molar-refractivity contribution is 7.98. The molecule has 6 heteroatoms. The number of halogens is 1. The van der Waals surface area contributed by atoms with Gasteiger partial charge in [0.1, 0.15) is 5.82 Å². The van der Waals surface area contributed by atoms with Crippen molar-refractivity contribution in [1.82, 2.24) is 10.2 Å². The molecule has 1 heterocycles. The van der Waals surface area contributed by atoms with Gasteiger partial charge in [-0.1, -0.05) is 18.2 Å². The van der Waals surface area contributed by atoms with Crippen LogP contribution in [0, 0.1) is 11.7 Å². The van der Waals surface area contributed by atoms with Gasteiger partial charge < -0.3 is 15.0 Å². The van der Waals surface area contributed by atoms with E-state index in [0.29, 0.717) is 11.7 Å². The molecule has 1 aromatic rings. The molecule has 1 aliphatic rings. The molecule has 1 aromatic carbocycles. The first kappa shape index (κ1) is 18.1. The number of ether oxygens (including phenoxy) is 1. The number of nitrogens with zero attached hydrogens (tertiary/aromatic N) is 2. The highest BCUT2D eigenvalue weighted by Gasteiger charge is 2.18. The quantitative estimate of drug-likeness (QED) is 0.471. The zero-order valence-corrected chi connectivity index (χ0v) is 14.7. The molecular weight excluding hydrogens is 313 g/mol. The van der Waals surface area contributed by atoms with E-state index in [1.807, 2.05) is 12.1 Å². The molecule has 0 radical (unpaired) electrons. The van der Waals surface area contributed by atoms with Crippen LogP contribution in [-0.2, 0) is 10.5 Å². The molecule has 0 amide bonds. The molecule has 1 aliphatic heterocycles. The van der Waals surface area contributed by atoms with Gasteiger partial charge in [0, 0.05) is 51.2 Å². The second kappa shape index (κ2) is 9.78. The summed E-state index contributed by atoms with van der Waals surface area (Å²) >= 11 is 1.72. The van der Waals surface area contributed by atoms with Gasteiger partial charge in [-0.2, -0.15) is 11.8 Å². The molecule has 1 atom stereocenters. The minimum absolute atomic E-state index is 0.123. The van der Waals surface area contributed by atoms with E-state index in [1.54, 1.807) is 24.9 Å². The standard InChI is InChI=1S/C17H26FN3OS/c1-19-17(21(2)11-14-7-9-22-12-14)20-8-10-23-13-15-5-3-4-6-16(15)18/h3-6,14H,7-13H2,1-2H3,(H,19,20). The van der Waals surface area contributed by atoms with Crippen molar-refractivity contribution < 1.29 is 9.13 Å². The zero-order chi connectivity index (χ0) is 16.5. The summed E-state index contributed by atoms with van der Waals surface area (Å²) in [5, 5.41) is 3.36. The molecule has 0 aromatic heterocycles. The summed E-state index contributed by atoms with van der Waals surface area (Å²) in [7, 11) is 3.86. The first-order valence-corrected chi connectivity index (χ1v) is 9.17. The molecule has 1 unspecified atom stereocenters. The van der Waals surface area contributed by atoms with Gasteiger partial charge in [0.25, 0.3) is 0 Å². The Bertz CT molecular complexity index is 506. The van der Waals surface area contributed by atoms with Gasteiger partial charge in [-0.25, -0.2) is 4.39 Å². The lowest BCUT2D eigenvalue weighted by Crippen LogP contribution is -2.42. The molecule has 128 valence electrons. The van der Waals surface area contributed by atoms with Crippen LogP contribution in [0.15, 0.2) is 29.3 Å². The number of guanidine groups is 1. The molecule has 0 spiro atoms. The molecule has 0 aliphatic carbocycles. The minimum Gasteiger partial charge on any atom is -0.381 e. The van der Waals surface area contributed by atoms with E-state index in [2.05, 4.69) is 22.3 Å². The molecule has 2 rings (SSSR count). The highest BCUT2D eigenvalue weighted by atomic mass is 32.2. The molecule has 1 N–H and O–H groups in total. The molecule has 0 bridgehead atoms. The summed E-state index contributed by atoms with van der Waals surface area (Å²) in [6.07, 6.45) is 1.12. The molecule has 23 heavy (non-hydrogen) atoms. The first-order chi connectivity index (χ1) is 11.2. The van der Waals surface area contributed by atoms with Crippen molar-refractivity contribution in [3.05, 3.63) is 35.6 Å². The van der Waals surface area contributed by atoms with Crippen LogP contribution in [0.2, 0.25) is 0 Å². The van der Waals surface area contributed by atoms with E-state index < -0.39 is 0 Å². The number of rotatable bonds is 7. The number of aliphatic imine (C=N–C) groups is 1. The van der Waals surface area contributed by atoms with Crippen molar-refractivity contribution in [1.29, 1.82) is 0 Å². The fourth-order valence-electron chi connectivity index (χ4n) is 2.62. The lowest BCUT2D eigenvalue weighted by Gasteiger charge is -2.24. The third-order valence-electron chi connectivity index (χ3n) is 3.87. The maximum absolute atomic E-state index is 13.5. The van der Waals surface area contributed by atoms with Crippen molar-refractivity contribution in [2.75, 3.05) is 46.2 Å². The van der Waals surface area contributed by atoms with Crippen LogP contribution in [0.1, 0.15) is 12.0 Å². The Hall–Kier alpha value is -1.27. The van der Waals surface area contributed by atoms with Gasteiger partial charge in [0.15, 0.2) is 5.96 Å².